The highest BCUT2D eigenvalue weighted by Crippen LogP contribution is 2.21. The Labute approximate surface area is 157 Å². The number of nitriles is 1. The van der Waals surface area contributed by atoms with E-state index in [0.717, 1.165) is 5.56 Å². The molecule has 0 aliphatic carbocycles. The lowest BCUT2D eigenvalue weighted by Crippen LogP contribution is -2.35. The number of nitrogens with one attached hydrogen (secondary N) is 1. The minimum absolute atomic E-state index is 0.216. The lowest BCUT2D eigenvalue weighted by molar-refractivity contribution is -0.127. The largest absolute Gasteiger partial charge is 0.496 e. The lowest BCUT2D eigenvalue weighted by atomic mass is 10.1. The molecule has 0 aliphatic heterocycles. The van der Waals surface area contributed by atoms with Gasteiger partial charge in [-0.25, -0.2) is 4.79 Å². The number of methoxy groups -OCH3 is 2. The van der Waals surface area contributed by atoms with Gasteiger partial charge in [0, 0.05) is 6.54 Å². The Morgan fingerprint density at radius 1 is 1.15 bits per heavy atom. The predicted octanol–water partition coefficient (Wildman–Crippen LogP) is 2.44. The van der Waals surface area contributed by atoms with Gasteiger partial charge < -0.3 is 19.5 Å². The summed E-state index contributed by atoms with van der Waals surface area (Å²) in [6.07, 6.45) is -0.726. The van der Waals surface area contributed by atoms with E-state index in [0.29, 0.717) is 17.1 Å². The van der Waals surface area contributed by atoms with Crippen LogP contribution in [0.15, 0.2) is 42.5 Å². The zero-order valence-electron chi connectivity index (χ0n) is 15.3. The van der Waals surface area contributed by atoms with Crippen molar-refractivity contribution in [3.05, 3.63) is 59.2 Å². The molecule has 2 rings (SSSR count). The van der Waals surface area contributed by atoms with Crippen LogP contribution in [-0.4, -0.2) is 32.2 Å². The van der Waals surface area contributed by atoms with Crippen molar-refractivity contribution < 1.29 is 23.8 Å². The number of carbonyl (C=O) groups excluding carboxylic acids is 2. The van der Waals surface area contributed by atoms with Gasteiger partial charge in [0.2, 0.25) is 0 Å². The van der Waals surface area contributed by atoms with Crippen LogP contribution in [0.25, 0.3) is 0 Å². The van der Waals surface area contributed by atoms with Gasteiger partial charge in [0.1, 0.15) is 17.1 Å². The molecular weight excluding hydrogens is 348 g/mol. The van der Waals surface area contributed by atoms with Gasteiger partial charge in [0.25, 0.3) is 5.91 Å². The quantitative estimate of drug-likeness (QED) is 0.754. The molecule has 2 aromatic rings. The van der Waals surface area contributed by atoms with Crippen LogP contribution in [-0.2, 0) is 16.1 Å². The molecule has 0 unspecified atom stereocenters. The molecule has 140 valence electrons. The summed E-state index contributed by atoms with van der Waals surface area (Å²) < 4.78 is 15.4. The number of nitrogens with zero attached hydrogens (tertiary/aromatic N) is 1. The van der Waals surface area contributed by atoms with Gasteiger partial charge >= 0.3 is 5.97 Å². The van der Waals surface area contributed by atoms with E-state index in [1.807, 2.05) is 6.07 Å². The fourth-order valence-corrected chi connectivity index (χ4v) is 2.33. The number of ether oxygens (including phenoxy) is 3. The van der Waals surface area contributed by atoms with E-state index in [9.17, 15) is 9.59 Å². The fraction of sp³-hybridized carbons (Fsp3) is 0.250. The Hall–Kier alpha value is -3.53. The van der Waals surface area contributed by atoms with Crippen LogP contribution >= 0.6 is 0 Å². The molecule has 1 N–H and O–H groups in total. The minimum atomic E-state index is -0.726. The highest BCUT2D eigenvalue weighted by Gasteiger charge is 2.16. The summed E-state index contributed by atoms with van der Waals surface area (Å²) in [5.41, 5.74) is 1.52. The zero-order chi connectivity index (χ0) is 19.8. The Kier molecular flexibility index (Phi) is 6.78. The van der Waals surface area contributed by atoms with Crippen LogP contribution < -0.4 is 14.8 Å². The van der Waals surface area contributed by atoms with Crippen LogP contribution in [0.4, 0.5) is 0 Å². The topological polar surface area (TPSA) is 97.6 Å². The SMILES string of the molecule is COC(=O)c1cc(CNC(=O)[C@@H](C)Oc2ccc(C#N)cc2)ccc1OC. The Morgan fingerprint density at radius 2 is 1.85 bits per heavy atom. The van der Waals surface area contributed by atoms with Crippen molar-refractivity contribution in [1.29, 1.82) is 5.26 Å². The first-order valence-electron chi connectivity index (χ1n) is 8.18. The van der Waals surface area contributed by atoms with E-state index < -0.39 is 12.1 Å². The molecule has 1 atom stereocenters. The maximum absolute atomic E-state index is 12.2. The second-order valence-electron chi connectivity index (χ2n) is 5.64. The molecular formula is C20H20N2O5. The summed E-state index contributed by atoms with van der Waals surface area (Å²) in [7, 11) is 2.75. The third-order valence-electron chi connectivity index (χ3n) is 3.80. The summed E-state index contributed by atoms with van der Waals surface area (Å²) in [6, 6.07) is 13.5. The van der Waals surface area contributed by atoms with Gasteiger partial charge in [0.05, 0.1) is 25.9 Å². The van der Waals surface area contributed by atoms with E-state index >= 15 is 0 Å². The monoisotopic (exact) mass is 368 g/mol. The van der Waals surface area contributed by atoms with Crippen LogP contribution in [0.1, 0.15) is 28.4 Å². The van der Waals surface area contributed by atoms with Crippen molar-refractivity contribution in [3.63, 3.8) is 0 Å². The molecule has 0 aromatic heterocycles. The normalized spacial score (nSPS) is 11.0. The van der Waals surface area contributed by atoms with Crippen LogP contribution in [0, 0.1) is 11.3 Å². The molecule has 7 heteroatoms. The summed E-state index contributed by atoms with van der Waals surface area (Å²) in [6.45, 7) is 1.84. The fourth-order valence-electron chi connectivity index (χ4n) is 2.33. The molecule has 7 nitrogen and oxygen atoms in total. The second-order valence-corrected chi connectivity index (χ2v) is 5.64. The zero-order valence-corrected chi connectivity index (χ0v) is 15.3. The number of amides is 1. The summed E-state index contributed by atoms with van der Waals surface area (Å²) >= 11 is 0. The molecule has 0 aliphatic rings. The van der Waals surface area contributed by atoms with Gasteiger partial charge in [-0.2, -0.15) is 5.26 Å². The molecule has 0 saturated heterocycles. The standard InChI is InChI=1S/C20H20N2O5/c1-13(27-16-7-4-14(11-21)5-8-16)19(23)22-12-15-6-9-18(25-2)17(10-15)20(24)26-3/h4-10,13H,12H2,1-3H3,(H,22,23)/t13-/m1/s1. The van der Waals surface area contributed by atoms with E-state index in [-0.39, 0.29) is 18.0 Å². The number of esters is 1. The van der Waals surface area contributed by atoms with Gasteiger partial charge in [0.15, 0.2) is 6.10 Å². The van der Waals surface area contributed by atoms with Gasteiger partial charge in [-0.1, -0.05) is 6.07 Å². The van der Waals surface area contributed by atoms with Crippen molar-refractivity contribution in [1.82, 2.24) is 5.32 Å². The smallest absolute Gasteiger partial charge is 0.341 e. The Morgan fingerprint density at radius 3 is 2.44 bits per heavy atom. The van der Waals surface area contributed by atoms with Crippen molar-refractivity contribution in [3.8, 4) is 17.6 Å². The maximum atomic E-state index is 12.2. The molecule has 0 heterocycles. The second kappa shape index (κ2) is 9.25. The lowest BCUT2D eigenvalue weighted by Gasteiger charge is -2.15. The van der Waals surface area contributed by atoms with Crippen LogP contribution in [0.3, 0.4) is 0 Å². The van der Waals surface area contributed by atoms with Crippen LogP contribution in [0.5, 0.6) is 11.5 Å². The molecule has 0 fully saturated rings. The average molecular weight is 368 g/mol. The molecule has 1 amide bonds. The van der Waals surface area contributed by atoms with Crippen molar-refractivity contribution in [2.75, 3.05) is 14.2 Å². The van der Waals surface area contributed by atoms with E-state index in [1.165, 1.54) is 14.2 Å². The molecule has 0 spiro atoms. The number of rotatable bonds is 7. The number of hydrogen-bond acceptors (Lipinski definition) is 6. The first-order valence-corrected chi connectivity index (χ1v) is 8.18. The molecule has 2 aromatic carbocycles. The van der Waals surface area contributed by atoms with E-state index in [2.05, 4.69) is 5.32 Å². The average Bonchev–Trinajstić information content (AvgIpc) is 2.71. The number of carbonyl (C=O) groups is 2. The highest BCUT2D eigenvalue weighted by atomic mass is 16.5. The molecule has 0 bridgehead atoms. The first-order chi connectivity index (χ1) is 13.0. The molecule has 27 heavy (non-hydrogen) atoms. The third kappa shape index (κ3) is 5.22. The Balaban J connectivity index is 1.97. The summed E-state index contributed by atoms with van der Waals surface area (Å²) in [5, 5.41) is 11.5. The van der Waals surface area contributed by atoms with Gasteiger partial charge in [-0.3, -0.25) is 4.79 Å². The summed E-state index contributed by atoms with van der Waals surface area (Å²) in [5.74, 6) is 0.0656. The number of hydrogen-bond donors (Lipinski definition) is 1. The van der Waals surface area contributed by atoms with Crippen molar-refractivity contribution in [2.45, 2.75) is 19.6 Å². The Bertz CT molecular complexity index is 856. The number of benzene rings is 2. The van der Waals surface area contributed by atoms with E-state index in [1.54, 1.807) is 49.4 Å². The van der Waals surface area contributed by atoms with Gasteiger partial charge in [-0.15, -0.1) is 0 Å². The minimum Gasteiger partial charge on any atom is -0.496 e. The predicted molar refractivity (Wildman–Crippen MR) is 97.4 cm³/mol. The first kappa shape index (κ1) is 19.8. The van der Waals surface area contributed by atoms with Gasteiger partial charge in [-0.05, 0) is 48.9 Å². The van der Waals surface area contributed by atoms with Crippen molar-refractivity contribution >= 4 is 11.9 Å². The highest BCUT2D eigenvalue weighted by molar-refractivity contribution is 5.92. The van der Waals surface area contributed by atoms with Crippen molar-refractivity contribution in [2.24, 2.45) is 0 Å². The molecule has 0 radical (unpaired) electrons. The third-order valence-corrected chi connectivity index (χ3v) is 3.80. The maximum Gasteiger partial charge on any atom is 0.341 e. The van der Waals surface area contributed by atoms with E-state index in [4.69, 9.17) is 19.5 Å². The van der Waals surface area contributed by atoms with Crippen LogP contribution in [0.2, 0.25) is 0 Å². The summed E-state index contributed by atoms with van der Waals surface area (Å²) in [4.78, 5) is 24.0. The molecule has 0 saturated carbocycles.